The van der Waals surface area contributed by atoms with Gasteiger partial charge in [-0.3, -0.25) is 9.59 Å². The van der Waals surface area contributed by atoms with Crippen LogP contribution in [-0.4, -0.2) is 47.1 Å². The van der Waals surface area contributed by atoms with Gasteiger partial charge in [-0.1, -0.05) is 6.07 Å². The van der Waals surface area contributed by atoms with Crippen molar-refractivity contribution in [3.63, 3.8) is 0 Å². The topological polar surface area (TPSA) is 76.1 Å². The summed E-state index contributed by atoms with van der Waals surface area (Å²) in [6.45, 7) is 6.42. The molecule has 0 saturated carbocycles. The molecule has 1 aromatic carbocycles. The van der Waals surface area contributed by atoms with E-state index in [2.05, 4.69) is 0 Å². The fraction of sp³-hybridized carbons (Fsp3) is 0.391. The van der Waals surface area contributed by atoms with E-state index in [0.717, 1.165) is 22.6 Å². The van der Waals surface area contributed by atoms with E-state index >= 15 is 0 Å². The molecule has 1 fully saturated rings. The molecule has 2 unspecified atom stereocenters. The Morgan fingerprint density at radius 2 is 2.13 bits per heavy atom. The number of aliphatic hydroxyl groups is 1. The van der Waals surface area contributed by atoms with Crippen molar-refractivity contribution >= 4 is 28.8 Å². The van der Waals surface area contributed by atoms with E-state index in [1.807, 2.05) is 44.4 Å². The van der Waals surface area contributed by atoms with Gasteiger partial charge >= 0.3 is 0 Å². The molecule has 1 amide bonds. The maximum absolute atomic E-state index is 12.9. The molecule has 2 aliphatic rings. The Bertz CT molecular complexity index is 995. The molecular formula is C23H25NO5S. The summed E-state index contributed by atoms with van der Waals surface area (Å²) in [4.78, 5) is 28.1. The number of rotatable bonds is 6. The molecule has 3 heterocycles. The summed E-state index contributed by atoms with van der Waals surface area (Å²) in [5.74, 6) is -0.637. The summed E-state index contributed by atoms with van der Waals surface area (Å²) in [6.07, 6.45) is 0.846. The van der Waals surface area contributed by atoms with Gasteiger partial charge in [-0.15, -0.1) is 11.3 Å². The molecule has 2 atom stereocenters. The van der Waals surface area contributed by atoms with Gasteiger partial charge in [-0.2, -0.15) is 0 Å². The number of carbonyl (C=O) groups is 2. The van der Waals surface area contributed by atoms with E-state index in [-0.39, 0.29) is 30.1 Å². The predicted molar refractivity (Wildman–Crippen MR) is 115 cm³/mol. The molecule has 0 bridgehead atoms. The number of hydrogen-bond donors (Lipinski definition) is 1. The van der Waals surface area contributed by atoms with Crippen LogP contribution in [0.3, 0.4) is 0 Å². The molecule has 6 nitrogen and oxygen atoms in total. The van der Waals surface area contributed by atoms with Crippen molar-refractivity contribution in [3.8, 4) is 5.75 Å². The van der Waals surface area contributed by atoms with Gasteiger partial charge < -0.3 is 19.5 Å². The third-order valence-corrected chi connectivity index (χ3v) is 6.23. The quantitative estimate of drug-likeness (QED) is 0.430. The van der Waals surface area contributed by atoms with Gasteiger partial charge in [-0.05, 0) is 56.0 Å². The predicted octanol–water partition coefficient (Wildman–Crippen LogP) is 3.92. The van der Waals surface area contributed by atoms with Crippen molar-refractivity contribution in [1.82, 2.24) is 4.90 Å². The largest absolute Gasteiger partial charge is 0.507 e. The Balaban J connectivity index is 1.74. The van der Waals surface area contributed by atoms with Crippen molar-refractivity contribution in [2.24, 2.45) is 0 Å². The van der Waals surface area contributed by atoms with E-state index in [4.69, 9.17) is 9.47 Å². The van der Waals surface area contributed by atoms with Crippen LogP contribution in [0.1, 0.15) is 42.8 Å². The molecule has 0 spiro atoms. The molecule has 2 aliphatic heterocycles. The van der Waals surface area contributed by atoms with Crippen LogP contribution in [0.4, 0.5) is 0 Å². The highest BCUT2D eigenvalue weighted by Gasteiger charge is 2.46. The maximum atomic E-state index is 12.9. The standard InChI is InChI=1S/C23H25NO5S/c1-13(2)28-9-8-24-20(18-5-4-10-30-18)19(22(26)23(24)27)21(25)15-6-7-17-16(12-15)11-14(3)29-17/h4-7,10,12-14,20,25H,8-9,11H2,1-3H3/b21-19-. The lowest BCUT2D eigenvalue weighted by Crippen LogP contribution is -2.33. The minimum absolute atomic E-state index is 0.0260. The highest BCUT2D eigenvalue weighted by Crippen LogP contribution is 2.41. The first-order valence-corrected chi connectivity index (χ1v) is 11.0. The molecule has 0 radical (unpaired) electrons. The van der Waals surface area contributed by atoms with Crippen LogP contribution < -0.4 is 4.74 Å². The maximum Gasteiger partial charge on any atom is 0.295 e. The fourth-order valence-corrected chi connectivity index (χ4v) is 4.81. The average molecular weight is 428 g/mol. The zero-order chi connectivity index (χ0) is 21.4. The van der Waals surface area contributed by atoms with Gasteiger partial charge in [0.1, 0.15) is 17.6 Å². The van der Waals surface area contributed by atoms with Crippen molar-refractivity contribution < 1.29 is 24.2 Å². The third-order valence-electron chi connectivity index (χ3n) is 5.31. The molecule has 30 heavy (non-hydrogen) atoms. The summed E-state index contributed by atoms with van der Waals surface area (Å²) in [5, 5.41) is 13.0. The van der Waals surface area contributed by atoms with Gasteiger partial charge in [0.15, 0.2) is 0 Å². The number of amides is 1. The summed E-state index contributed by atoms with van der Waals surface area (Å²) in [7, 11) is 0. The fourth-order valence-electron chi connectivity index (χ4n) is 3.96. The number of thiophene rings is 1. The highest BCUT2D eigenvalue weighted by molar-refractivity contribution is 7.10. The van der Waals surface area contributed by atoms with Crippen LogP contribution in [0.5, 0.6) is 5.75 Å². The highest BCUT2D eigenvalue weighted by atomic mass is 32.1. The van der Waals surface area contributed by atoms with Crippen molar-refractivity contribution in [1.29, 1.82) is 0 Å². The molecule has 4 rings (SSSR count). The number of hydrogen-bond acceptors (Lipinski definition) is 6. The molecule has 2 aromatic rings. The van der Waals surface area contributed by atoms with Gasteiger partial charge in [0.05, 0.1) is 24.3 Å². The van der Waals surface area contributed by atoms with E-state index < -0.39 is 17.7 Å². The Kier molecular flexibility index (Phi) is 5.66. The van der Waals surface area contributed by atoms with Crippen molar-refractivity contribution in [2.75, 3.05) is 13.2 Å². The van der Waals surface area contributed by atoms with Crippen LogP contribution in [0, 0.1) is 0 Å². The number of carbonyl (C=O) groups excluding carboxylic acids is 2. The summed E-state index contributed by atoms with van der Waals surface area (Å²) in [6, 6.07) is 8.51. The Hall–Kier alpha value is -2.64. The Labute approximate surface area is 179 Å². The number of aliphatic hydroxyl groups excluding tert-OH is 1. The van der Waals surface area contributed by atoms with Crippen LogP contribution in [0.15, 0.2) is 41.3 Å². The molecule has 0 aliphatic carbocycles. The number of ketones is 1. The number of fused-ring (bicyclic) bond motifs is 1. The molecule has 7 heteroatoms. The van der Waals surface area contributed by atoms with Crippen molar-refractivity contribution in [3.05, 3.63) is 57.3 Å². The van der Waals surface area contributed by atoms with Gasteiger partial charge in [0.2, 0.25) is 0 Å². The van der Waals surface area contributed by atoms with E-state index in [9.17, 15) is 14.7 Å². The number of likely N-dealkylation sites (tertiary alicyclic amines) is 1. The Morgan fingerprint density at radius 3 is 2.83 bits per heavy atom. The van der Waals surface area contributed by atoms with Crippen LogP contribution in [-0.2, 0) is 20.7 Å². The first-order chi connectivity index (χ1) is 14.4. The van der Waals surface area contributed by atoms with Gasteiger partial charge in [-0.25, -0.2) is 0 Å². The normalized spacial score (nSPS) is 22.6. The molecule has 1 aromatic heterocycles. The van der Waals surface area contributed by atoms with E-state index in [1.54, 1.807) is 12.1 Å². The van der Waals surface area contributed by atoms with E-state index in [0.29, 0.717) is 12.2 Å². The first-order valence-electron chi connectivity index (χ1n) is 10.1. The second-order valence-corrected chi connectivity index (χ2v) is 8.86. The van der Waals surface area contributed by atoms with Crippen LogP contribution >= 0.6 is 11.3 Å². The number of ether oxygens (including phenoxy) is 2. The van der Waals surface area contributed by atoms with Crippen molar-refractivity contribution in [2.45, 2.75) is 45.4 Å². The zero-order valence-corrected chi connectivity index (χ0v) is 18.1. The van der Waals surface area contributed by atoms with Crippen LogP contribution in [0.25, 0.3) is 5.76 Å². The molecule has 1 N–H and O–H groups in total. The summed E-state index contributed by atoms with van der Waals surface area (Å²) >= 11 is 1.45. The second kappa shape index (κ2) is 8.24. The van der Waals surface area contributed by atoms with Crippen LogP contribution in [0.2, 0.25) is 0 Å². The lowest BCUT2D eigenvalue weighted by Gasteiger charge is -2.24. The lowest BCUT2D eigenvalue weighted by molar-refractivity contribution is -0.140. The molecule has 158 valence electrons. The Morgan fingerprint density at radius 1 is 1.33 bits per heavy atom. The lowest BCUT2D eigenvalue weighted by atomic mass is 9.98. The van der Waals surface area contributed by atoms with Gasteiger partial charge in [0, 0.05) is 23.4 Å². The first kappa shape index (κ1) is 20.6. The minimum atomic E-state index is -0.666. The molecular weight excluding hydrogens is 402 g/mol. The summed E-state index contributed by atoms with van der Waals surface area (Å²) in [5.41, 5.74) is 1.63. The van der Waals surface area contributed by atoms with Gasteiger partial charge in [0.25, 0.3) is 11.7 Å². The second-order valence-electron chi connectivity index (χ2n) is 7.88. The number of benzene rings is 1. The minimum Gasteiger partial charge on any atom is -0.507 e. The zero-order valence-electron chi connectivity index (χ0n) is 17.3. The molecule has 1 saturated heterocycles. The number of nitrogens with zero attached hydrogens (tertiary/aromatic N) is 1. The number of Topliss-reactive ketones (excluding diaryl/α,β-unsaturated/α-hetero) is 1. The van der Waals surface area contributed by atoms with E-state index in [1.165, 1.54) is 16.2 Å². The average Bonchev–Trinajstić information content (AvgIpc) is 3.40. The third kappa shape index (κ3) is 3.75. The SMILES string of the molecule is CC(C)OCCN1C(=O)C(=O)/C(=C(\O)c2ccc3c(c2)CC(C)O3)C1c1cccs1. The smallest absolute Gasteiger partial charge is 0.295 e. The summed E-state index contributed by atoms with van der Waals surface area (Å²) < 4.78 is 11.3. The monoisotopic (exact) mass is 427 g/mol.